The molecule has 2 heterocycles. The van der Waals surface area contributed by atoms with E-state index >= 15 is 0 Å². The topological polar surface area (TPSA) is 58.6 Å². The van der Waals surface area contributed by atoms with Gasteiger partial charge in [0.1, 0.15) is 0 Å². The summed E-state index contributed by atoms with van der Waals surface area (Å²) in [5.41, 5.74) is 0.628. The zero-order valence-electron chi connectivity index (χ0n) is 21.5. The maximum absolute atomic E-state index is 12.3. The van der Waals surface area contributed by atoms with Crippen molar-refractivity contribution in [3.05, 3.63) is 12.4 Å². The summed E-state index contributed by atoms with van der Waals surface area (Å²) in [5.74, 6) is 0. The van der Waals surface area contributed by atoms with Gasteiger partial charge in [-0.2, -0.15) is 0 Å². The van der Waals surface area contributed by atoms with Gasteiger partial charge in [-0.25, -0.2) is 0 Å². The molecule has 0 aliphatic carbocycles. The first-order valence-electron chi connectivity index (χ1n) is 12.8. The first kappa shape index (κ1) is 27.2. The molecule has 1 amide bonds. The third kappa shape index (κ3) is 8.07. The van der Waals surface area contributed by atoms with Crippen LogP contribution in [0.15, 0.2) is 12.4 Å². The van der Waals surface area contributed by atoms with E-state index in [1.165, 1.54) is 55.7 Å². The van der Waals surface area contributed by atoms with Crippen molar-refractivity contribution in [3.63, 3.8) is 0 Å². The van der Waals surface area contributed by atoms with Gasteiger partial charge in [-0.15, -0.1) is 0 Å². The Bertz CT molecular complexity index is 660. The second-order valence-electron chi connectivity index (χ2n) is 10.3. The van der Waals surface area contributed by atoms with Crippen LogP contribution in [0.1, 0.15) is 80.1 Å². The molecule has 0 saturated carbocycles. The molecule has 7 heteroatoms. The van der Waals surface area contributed by atoms with Crippen molar-refractivity contribution in [2.75, 3.05) is 31.1 Å². The number of amides is 1. The standard InChI is InChI=1S/C13H19N4O2.3C4H9.Sn/c1-13(2,3)19-12(18)17-6-4-16(5-7-17)11-8-14-10-15-9-11;3*1-3-4-2;/h8-9H,4-7H2,1-3H3;3*1,3-4H2,2H3;. The molecule has 0 N–H and O–H groups in total. The molecule has 1 aromatic rings. The zero-order chi connectivity index (χ0) is 23.6. The number of piperazine rings is 1. The molecular formula is C25H46N4O2Sn. The molecule has 32 heavy (non-hydrogen) atoms. The fraction of sp³-hybridized carbons (Fsp3) is 0.800. The number of aromatic nitrogens is 2. The molecule has 0 radical (unpaired) electrons. The Morgan fingerprint density at radius 3 is 1.78 bits per heavy atom. The molecule has 1 aromatic heterocycles. The fourth-order valence-electron chi connectivity index (χ4n) is 4.49. The molecule has 2 rings (SSSR count). The predicted molar refractivity (Wildman–Crippen MR) is 137 cm³/mol. The van der Waals surface area contributed by atoms with Crippen molar-refractivity contribution in [3.8, 4) is 0 Å². The van der Waals surface area contributed by atoms with E-state index in [9.17, 15) is 4.79 Å². The third-order valence-electron chi connectivity index (χ3n) is 6.44. The van der Waals surface area contributed by atoms with Gasteiger partial charge in [0.05, 0.1) is 0 Å². The van der Waals surface area contributed by atoms with Crippen LogP contribution in [0.3, 0.4) is 0 Å². The van der Waals surface area contributed by atoms with Crippen LogP contribution in [0.5, 0.6) is 0 Å². The van der Waals surface area contributed by atoms with E-state index < -0.39 is 24.0 Å². The van der Waals surface area contributed by atoms with E-state index in [1.54, 1.807) is 4.90 Å². The molecule has 1 saturated heterocycles. The summed E-state index contributed by atoms with van der Waals surface area (Å²) in [6.07, 6.45) is 11.6. The number of hydrogen-bond donors (Lipinski definition) is 0. The molecule has 0 spiro atoms. The average molecular weight is 553 g/mol. The van der Waals surface area contributed by atoms with Gasteiger partial charge < -0.3 is 0 Å². The summed E-state index contributed by atoms with van der Waals surface area (Å²) in [5, 5.41) is 0. The van der Waals surface area contributed by atoms with Crippen molar-refractivity contribution in [2.45, 2.75) is 99.0 Å². The van der Waals surface area contributed by atoms with E-state index in [1.807, 2.05) is 20.8 Å². The first-order chi connectivity index (χ1) is 15.2. The average Bonchev–Trinajstić information content (AvgIpc) is 2.78. The number of unbranched alkanes of at least 4 members (excludes halogenated alkanes) is 3. The number of ether oxygens (including phenoxy) is 1. The number of hydrogen-bond acceptors (Lipinski definition) is 5. The van der Waals surface area contributed by atoms with E-state index in [2.05, 4.69) is 38.1 Å². The minimum absolute atomic E-state index is 0.217. The summed E-state index contributed by atoms with van der Waals surface area (Å²) in [7, 11) is 0. The van der Waals surface area contributed by atoms with Crippen molar-refractivity contribution < 1.29 is 9.53 Å². The van der Waals surface area contributed by atoms with Crippen LogP contribution in [0, 0.1) is 0 Å². The summed E-state index contributed by atoms with van der Waals surface area (Å²) in [4.78, 5) is 26.5. The first-order valence-corrected chi connectivity index (χ1v) is 20.3. The molecule has 1 fully saturated rings. The Kier molecular flexibility index (Phi) is 11.0. The molecular weight excluding hydrogens is 507 g/mol. The van der Waals surface area contributed by atoms with Crippen LogP contribution >= 0.6 is 0 Å². The van der Waals surface area contributed by atoms with Crippen LogP contribution in [0.25, 0.3) is 0 Å². The number of carbonyl (C=O) groups excluding carboxylic acids is 1. The van der Waals surface area contributed by atoms with Crippen LogP contribution in [-0.2, 0) is 4.74 Å². The second kappa shape index (κ2) is 13.0. The minimum atomic E-state index is -2.57. The second-order valence-corrected chi connectivity index (χ2v) is 23.2. The molecule has 6 nitrogen and oxygen atoms in total. The van der Waals surface area contributed by atoms with Gasteiger partial charge in [-0.1, -0.05) is 0 Å². The monoisotopic (exact) mass is 554 g/mol. The van der Waals surface area contributed by atoms with Crippen molar-refractivity contribution >= 4 is 34.0 Å². The number of carbonyl (C=O) groups is 1. The van der Waals surface area contributed by atoms with Crippen LogP contribution in [-0.4, -0.2) is 71.1 Å². The Balaban J connectivity index is 2.08. The van der Waals surface area contributed by atoms with Crippen molar-refractivity contribution in [2.24, 2.45) is 0 Å². The molecule has 0 atom stereocenters. The number of rotatable bonds is 11. The quantitative estimate of drug-likeness (QED) is 0.335. The van der Waals surface area contributed by atoms with Gasteiger partial charge in [0.25, 0.3) is 0 Å². The third-order valence-corrected chi connectivity index (χ3v) is 21.1. The van der Waals surface area contributed by atoms with Gasteiger partial charge in [-0.05, 0) is 0 Å². The molecule has 0 bridgehead atoms. The van der Waals surface area contributed by atoms with Gasteiger partial charge in [0.15, 0.2) is 0 Å². The summed E-state index contributed by atoms with van der Waals surface area (Å²) >= 11 is -2.57. The normalized spacial score (nSPS) is 15.2. The Hall–Kier alpha value is -1.05. The predicted octanol–water partition coefficient (Wildman–Crippen LogP) is 5.59. The Labute approximate surface area is 200 Å². The fourth-order valence-corrected chi connectivity index (χ4v) is 19.3. The number of anilines is 1. The molecule has 1 aliphatic heterocycles. The van der Waals surface area contributed by atoms with E-state index in [4.69, 9.17) is 14.7 Å². The van der Waals surface area contributed by atoms with E-state index in [0.717, 1.165) is 18.8 Å². The zero-order valence-corrected chi connectivity index (χ0v) is 24.3. The molecule has 1 aliphatic rings. The maximum atomic E-state index is 12.3. The van der Waals surface area contributed by atoms with E-state index in [0.29, 0.717) is 13.1 Å². The molecule has 182 valence electrons. The summed E-state index contributed by atoms with van der Waals surface area (Å²) in [6, 6.07) is 0. The summed E-state index contributed by atoms with van der Waals surface area (Å²) < 4.78 is 10.9. The molecule has 0 aromatic carbocycles. The molecule has 0 unspecified atom stereocenters. The van der Waals surface area contributed by atoms with Crippen LogP contribution in [0.4, 0.5) is 10.5 Å². The Morgan fingerprint density at radius 1 is 0.906 bits per heavy atom. The SMILES string of the molecule is CCC[CH2][Sn]([CH2]CCC)([CH2]CCC)[c]1ncc(N2CCN(C(=O)OC(C)(C)C)CC2)cn1. The number of nitrogens with zero attached hydrogens (tertiary/aromatic N) is 4. The Morgan fingerprint density at radius 2 is 1.38 bits per heavy atom. The summed E-state index contributed by atoms with van der Waals surface area (Å²) in [6.45, 7) is 15.6. The van der Waals surface area contributed by atoms with Gasteiger partial charge in [0.2, 0.25) is 0 Å². The van der Waals surface area contributed by atoms with Gasteiger partial charge >= 0.3 is 201 Å². The van der Waals surface area contributed by atoms with Crippen molar-refractivity contribution in [1.82, 2.24) is 14.9 Å². The van der Waals surface area contributed by atoms with Crippen LogP contribution in [0.2, 0.25) is 13.3 Å². The van der Waals surface area contributed by atoms with E-state index in [-0.39, 0.29) is 6.09 Å². The van der Waals surface area contributed by atoms with Crippen molar-refractivity contribution in [1.29, 1.82) is 0 Å². The van der Waals surface area contributed by atoms with Gasteiger partial charge in [0, 0.05) is 0 Å². The van der Waals surface area contributed by atoms with Crippen LogP contribution < -0.4 is 8.74 Å². The van der Waals surface area contributed by atoms with Gasteiger partial charge in [-0.3, -0.25) is 0 Å².